The molecule has 1 aliphatic rings. The van der Waals surface area contributed by atoms with Gasteiger partial charge in [-0.25, -0.2) is 14.4 Å². The third kappa shape index (κ3) is 6.36. The molecule has 162 valence electrons. The topological polar surface area (TPSA) is 88.1 Å². The number of rotatable bonds is 8. The third-order valence-corrected chi connectivity index (χ3v) is 5.77. The highest BCUT2D eigenvalue weighted by Gasteiger charge is 2.43. The number of thioether (sulfide) groups is 1. The minimum atomic E-state index is -0.881. The van der Waals surface area contributed by atoms with Crippen molar-refractivity contribution >= 4 is 29.9 Å². The van der Waals surface area contributed by atoms with Gasteiger partial charge in [0.1, 0.15) is 13.2 Å². The Balaban J connectivity index is 1.67. The summed E-state index contributed by atoms with van der Waals surface area (Å²) >= 11 is 1.39. The van der Waals surface area contributed by atoms with Gasteiger partial charge in [0.2, 0.25) is 0 Å². The van der Waals surface area contributed by atoms with Crippen LogP contribution in [0.3, 0.4) is 0 Å². The lowest BCUT2D eigenvalue weighted by atomic mass is 10.1. The van der Waals surface area contributed by atoms with Crippen molar-refractivity contribution in [2.45, 2.75) is 17.5 Å². The lowest BCUT2D eigenvalue weighted by molar-refractivity contribution is -0.0366. The molecule has 2 aromatic carbocycles. The molecule has 0 spiro atoms. The Morgan fingerprint density at radius 1 is 0.903 bits per heavy atom. The van der Waals surface area contributed by atoms with E-state index in [0.717, 1.165) is 0 Å². The van der Waals surface area contributed by atoms with Gasteiger partial charge in [-0.05, 0) is 24.3 Å². The first-order valence-corrected chi connectivity index (χ1v) is 10.7. The van der Waals surface area contributed by atoms with Gasteiger partial charge < -0.3 is 18.9 Å². The van der Waals surface area contributed by atoms with E-state index in [-0.39, 0.29) is 13.2 Å². The van der Waals surface area contributed by atoms with Gasteiger partial charge >= 0.3 is 18.1 Å². The highest BCUT2D eigenvalue weighted by molar-refractivity contribution is 8.00. The van der Waals surface area contributed by atoms with Crippen molar-refractivity contribution in [2.24, 2.45) is 0 Å². The van der Waals surface area contributed by atoms with E-state index in [1.165, 1.54) is 17.8 Å². The van der Waals surface area contributed by atoms with Crippen LogP contribution in [0.2, 0.25) is 0 Å². The summed E-state index contributed by atoms with van der Waals surface area (Å²) in [6, 6.07) is 17.1. The van der Waals surface area contributed by atoms with Crippen LogP contribution >= 0.6 is 11.8 Å². The summed E-state index contributed by atoms with van der Waals surface area (Å²) in [6.07, 6.45) is -1.01. The predicted molar refractivity (Wildman–Crippen MR) is 115 cm³/mol. The minimum absolute atomic E-state index is 0.00524. The van der Waals surface area contributed by atoms with E-state index in [9.17, 15) is 14.4 Å². The number of esters is 2. The van der Waals surface area contributed by atoms with Crippen molar-refractivity contribution in [3.63, 3.8) is 0 Å². The highest BCUT2D eigenvalue weighted by atomic mass is 32.2. The average Bonchev–Trinajstić information content (AvgIpc) is 3.18. The Labute approximate surface area is 184 Å². The van der Waals surface area contributed by atoms with E-state index in [1.54, 1.807) is 60.7 Å². The highest BCUT2D eigenvalue weighted by Crippen LogP contribution is 2.33. The molecule has 0 radical (unpaired) electrons. The van der Waals surface area contributed by atoms with E-state index >= 15 is 0 Å². The molecule has 0 saturated carbocycles. The van der Waals surface area contributed by atoms with Crippen LogP contribution in [-0.2, 0) is 18.9 Å². The first-order chi connectivity index (χ1) is 15.1. The van der Waals surface area contributed by atoms with Crippen molar-refractivity contribution in [3.8, 4) is 0 Å². The molecule has 2 unspecified atom stereocenters. The third-order valence-electron chi connectivity index (χ3n) is 4.41. The van der Waals surface area contributed by atoms with Crippen molar-refractivity contribution in [1.82, 2.24) is 0 Å². The Morgan fingerprint density at radius 3 is 2.13 bits per heavy atom. The Bertz CT molecular complexity index is 901. The normalized spacial score (nSPS) is 19.8. The molecule has 3 atom stereocenters. The monoisotopic (exact) mass is 442 g/mol. The molecule has 0 bridgehead atoms. The van der Waals surface area contributed by atoms with Crippen LogP contribution in [0.15, 0.2) is 73.3 Å². The maximum Gasteiger partial charge on any atom is 0.509 e. The average molecular weight is 442 g/mol. The van der Waals surface area contributed by atoms with Gasteiger partial charge in [0.25, 0.3) is 0 Å². The molecular weight excluding hydrogens is 420 g/mol. The van der Waals surface area contributed by atoms with Gasteiger partial charge in [0.05, 0.1) is 16.4 Å². The number of carbonyl (C=O) groups excluding carboxylic acids is 3. The lowest BCUT2D eigenvalue weighted by Gasteiger charge is -2.23. The smallest absolute Gasteiger partial charge is 0.461 e. The molecule has 1 fully saturated rings. The molecule has 3 rings (SSSR count). The van der Waals surface area contributed by atoms with E-state index in [0.29, 0.717) is 16.9 Å². The number of hydrogen-bond acceptors (Lipinski definition) is 8. The Morgan fingerprint density at radius 2 is 1.52 bits per heavy atom. The Hall–Kier alpha value is -3.26. The van der Waals surface area contributed by atoms with Crippen LogP contribution in [-0.4, -0.2) is 54.5 Å². The summed E-state index contributed by atoms with van der Waals surface area (Å²) in [7, 11) is 0. The van der Waals surface area contributed by atoms with Crippen LogP contribution in [0, 0.1) is 0 Å². The Kier molecular flexibility index (Phi) is 8.12. The second-order valence-corrected chi connectivity index (χ2v) is 7.85. The zero-order valence-corrected chi connectivity index (χ0v) is 17.5. The zero-order chi connectivity index (χ0) is 22.1. The molecule has 0 aromatic heterocycles. The molecule has 31 heavy (non-hydrogen) atoms. The molecular formula is C23H22O7S. The van der Waals surface area contributed by atoms with Crippen LogP contribution in [0.25, 0.3) is 0 Å². The van der Waals surface area contributed by atoms with Gasteiger partial charge in [-0.1, -0.05) is 49.1 Å². The summed E-state index contributed by atoms with van der Waals surface area (Å²) in [5.41, 5.74) is 0.788. The number of benzene rings is 2. The first kappa shape index (κ1) is 22.4. The van der Waals surface area contributed by atoms with Crippen molar-refractivity contribution in [3.05, 3.63) is 84.4 Å². The second-order valence-electron chi connectivity index (χ2n) is 6.58. The predicted octanol–water partition coefficient (Wildman–Crippen LogP) is 3.89. The van der Waals surface area contributed by atoms with Gasteiger partial charge in [-0.3, -0.25) is 0 Å². The fourth-order valence-electron chi connectivity index (χ4n) is 2.91. The number of carbonyl (C=O) groups is 3. The number of hydrogen-bond donors (Lipinski definition) is 0. The standard InChI is InChI=1S/C23H22O7S/c1-2-13-27-23(26)29-18-15-31-19(14-28-21(24)16-9-5-3-6-10-16)20(18)30-22(25)17-11-7-4-8-12-17/h2-12,18-20H,1,13-15H2/t18?,19?,20-/m1/s1. The molecule has 8 heteroatoms. The maximum atomic E-state index is 12.6. The summed E-state index contributed by atoms with van der Waals surface area (Å²) in [5.74, 6) is -0.673. The lowest BCUT2D eigenvalue weighted by Crippen LogP contribution is -2.40. The van der Waals surface area contributed by atoms with Gasteiger partial charge in [-0.2, -0.15) is 0 Å². The fourth-order valence-corrected chi connectivity index (χ4v) is 4.19. The fraction of sp³-hybridized carbons (Fsp3) is 0.261. The summed E-state index contributed by atoms with van der Waals surface area (Å²) in [4.78, 5) is 36.7. The van der Waals surface area contributed by atoms with Crippen LogP contribution < -0.4 is 0 Å². The molecule has 0 aliphatic carbocycles. The largest absolute Gasteiger partial charge is 0.509 e. The van der Waals surface area contributed by atoms with E-state index in [4.69, 9.17) is 18.9 Å². The van der Waals surface area contributed by atoms with Crippen molar-refractivity contribution < 1.29 is 33.3 Å². The van der Waals surface area contributed by atoms with Crippen LogP contribution in [0.5, 0.6) is 0 Å². The minimum Gasteiger partial charge on any atom is -0.461 e. The first-order valence-electron chi connectivity index (χ1n) is 9.62. The quantitative estimate of drug-likeness (QED) is 0.346. The molecule has 2 aromatic rings. The van der Waals surface area contributed by atoms with Crippen LogP contribution in [0.4, 0.5) is 4.79 Å². The maximum absolute atomic E-state index is 12.6. The van der Waals surface area contributed by atoms with E-state index < -0.39 is 35.6 Å². The van der Waals surface area contributed by atoms with Crippen LogP contribution in [0.1, 0.15) is 20.7 Å². The SMILES string of the molecule is C=CCOC(=O)OC1CSC(COC(=O)c2ccccc2)[C@@H]1OC(=O)c1ccccc1. The molecule has 7 nitrogen and oxygen atoms in total. The molecule has 0 amide bonds. The second kappa shape index (κ2) is 11.2. The summed E-state index contributed by atoms with van der Waals surface area (Å²) < 4.78 is 21.3. The van der Waals surface area contributed by atoms with Crippen molar-refractivity contribution in [1.29, 1.82) is 0 Å². The van der Waals surface area contributed by atoms with Gasteiger partial charge in [0, 0.05) is 5.75 Å². The zero-order valence-electron chi connectivity index (χ0n) is 16.7. The van der Waals surface area contributed by atoms with Gasteiger partial charge in [-0.15, -0.1) is 11.8 Å². The molecule has 1 heterocycles. The van der Waals surface area contributed by atoms with E-state index in [2.05, 4.69) is 6.58 Å². The molecule has 1 aliphatic heterocycles. The molecule has 1 saturated heterocycles. The summed E-state index contributed by atoms with van der Waals surface area (Å²) in [6.45, 7) is 3.47. The van der Waals surface area contributed by atoms with Gasteiger partial charge in [0.15, 0.2) is 12.2 Å². The van der Waals surface area contributed by atoms with E-state index in [1.807, 2.05) is 0 Å². The van der Waals surface area contributed by atoms with Crippen molar-refractivity contribution in [2.75, 3.05) is 19.0 Å². The number of ether oxygens (including phenoxy) is 4. The molecule has 0 N–H and O–H groups in total. The summed E-state index contributed by atoms with van der Waals surface area (Å²) in [5, 5.41) is -0.405.